The normalized spacial score (nSPS) is 20.5. The van der Waals surface area contributed by atoms with E-state index in [-0.39, 0.29) is 0 Å². The van der Waals surface area contributed by atoms with E-state index in [0.717, 1.165) is 51.7 Å². The molecule has 2 aromatic rings. The second-order valence-corrected chi connectivity index (χ2v) is 10.9. The highest BCUT2D eigenvalue weighted by atomic mass is 16.2. The van der Waals surface area contributed by atoms with Gasteiger partial charge in [0.15, 0.2) is 0 Å². The molecular weight excluding hydrogens is 418 g/mol. The van der Waals surface area contributed by atoms with Gasteiger partial charge in [0.2, 0.25) is 5.91 Å². The fourth-order valence-electron chi connectivity index (χ4n) is 6.06. The molecule has 0 aromatic heterocycles. The van der Waals surface area contributed by atoms with E-state index in [1.807, 2.05) is 0 Å². The van der Waals surface area contributed by atoms with Crippen molar-refractivity contribution >= 4 is 5.91 Å². The average Bonchev–Trinajstić information content (AvgIpc) is 2.89. The molecule has 0 spiro atoms. The Kier molecular flexibility index (Phi) is 7.36. The number of fused-ring (bicyclic) bond motifs is 1. The van der Waals surface area contributed by atoms with Crippen LogP contribution in [0.15, 0.2) is 42.5 Å². The fourth-order valence-corrected chi connectivity index (χ4v) is 6.06. The summed E-state index contributed by atoms with van der Waals surface area (Å²) in [6, 6.07) is 16.7. The average molecular weight is 460 g/mol. The molecule has 2 fully saturated rings. The number of rotatable bonds is 5. The first-order valence-electron chi connectivity index (χ1n) is 13.5. The van der Waals surface area contributed by atoms with Crippen LogP contribution < -0.4 is 0 Å². The van der Waals surface area contributed by atoms with Crippen LogP contribution in [0.25, 0.3) is 11.1 Å². The van der Waals surface area contributed by atoms with Crippen LogP contribution in [0.4, 0.5) is 0 Å². The van der Waals surface area contributed by atoms with Crippen molar-refractivity contribution in [3.8, 4) is 11.1 Å². The van der Waals surface area contributed by atoms with Crippen LogP contribution in [0.5, 0.6) is 0 Å². The van der Waals surface area contributed by atoms with Crippen molar-refractivity contribution in [2.75, 3.05) is 39.3 Å². The molecule has 182 valence electrons. The molecule has 0 bridgehead atoms. The highest BCUT2D eigenvalue weighted by molar-refractivity contribution is 5.78. The lowest BCUT2D eigenvalue weighted by molar-refractivity contribution is -0.134. The second-order valence-electron chi connectivity index (χ2n) is 10.9. The minimum Gasteiger partial charge on any atom is -0.339 e. The van der Waals surface area contributed by atoms with Crippen LogP contribution in [0, 0.1) is 0 Å². The maximum Gasteiger partial charge on any atom is 0.236 e. The quantitative estimate of drug-likeness (QED) is 0.606. The van der Waals surface area contributed by atoms with E-state index >= 15 is 0 Å². The third-order valence-electron chi connectivity index (χ3n) is 8.33. The van der Waals surface area contributed by atoms with E-state index in [9.17, 15) is 4.79 Å². The largest absolute Gasteiger partial charge is 0.339 e. The number of piperazine rings is 1. The van der Waals surface area contributed by atoms with Crippen LogP contribution in [-0.2, 0) is 17.8 Å². The van der Waals surface area contributed by atoms with Gasteiger partial charge in [-0.25, -0.2) is 0 Å². The summed E-state index contributed by atoms with van der Waals surface area (Å²) in [5.74, 6) is 0.876. The summed E-state index contributed by atoms with van der Waals surface area (Å²) in [7, 11) is 0. The lowest BCUT2D eigenvalue weighted by Gasteiger charge is -2.41. The number of hydrogen-bond donors (Lipinski definition) is 0. The Morgan fingerprint density at radius 3 is 2.26 bits per heavy atom. The summed E-state index contributed by atoms with van der Waals surface area (Å²) in [4.78, 5) is 20.1. The molecule has 1 aliphatic carbocycles. The Hall–Kier alpha value is -2.17. The van der Waals surface area contributed by atoms with E-state index in [0.29, 0.717) is 18.4 Å². The summed E-state index contributed by atoms with van der Waals surface area (Å²) in [5, 5.41) is 0. The highest BCUT2D eigenvalue weighted by Crippen LogP contribution is 2.28. The number of benzene rings is 2. The molecule has 4 heteroatoms. The molecule has 2 aromatic carbocycles. The maximum absolute atomic E-state index is 13.0. The molecule has 3 aliphatic rings. The summed E-state index contributed by atoms with van der Waals surface area (Å²) in [6.45, 7) is 10.8. The SMILES string of the molecule is CC(C)c1ccc(-c2ccc3c(c2)CCN(CC(=O)N2CCN(C4CCCCC4)CC2)C3)cc1. The van der Waals surface area contributed by atoms with Gasteiger partial charge in [0.05, 0.1) is 6.54 Å². The van der Waals surface area contributed by atoms with Crippen molar-refractivity contribution in [3.63, 3.8) is 0 Å². The van der Waals surface area contributed by atoms with Gasteiger partial charge in [0.1, 0.15) is 0 Å². The predicted octanol–water partition coefficient (Wildman–Crippen LogP) is 5.31. The van der Waals surface area contributed by atoms with Crippen molar-refractivity contribution in [3.05, 3.63) is 59.2 Å². The van der Waals surface area contributed by atoms with Crippen molar-refractivity contribution in [1.82, 2.24) is 14.7 Å². The molecule has 2 aliphatic heterocycles. The van der Waals surface area contributed by atoms with Gasteiger partial charge in [-0.2, -0.15) is 0 Å². The zero-order chi connectivity index (χ0) is 23.5. The third kappa shape index (κ3) is 5.39. The van der Waals surface area contributed by atoms with Gasteiger partial charge in [-0.3, -0.25) is 14.6 Å². The monoisotopic (exact) mass is 459 g/mol. The molecule has 0 radical (unpaired) electrons. The van der Waals surface area contributed by atoms with Crippen LogP contribution in [0.3, 0.4) is 0 Å². The Balaban J connectivity index is 1.14. The molecule has 1 saturated carbocycles. The maximum atomic E-state index is 13.0. The minimum absolute atomic E-state index is 0.314. The molecule has 1 saturated heterocycles. The van der Waals surface area contributed by atoms with Gasteiger partial charge in [0, 0.05) is 45.3 Å². The predicted molar refractivity (Wildman–Crippen MR) is 140 cm³/mol. The van der Waals surface area contributed by atoms with Gasteiger partial charge in [0.25, 0.3) is 0 Å². The zero-order valence-electron chi connectivity index (χ0n) is 21.1. The van der Waals surface area contributed by atoms with Gasteiger partial charge < -0.3 is 4.90 Å². The van der Waals surface area contributed by atoms with E-state index in [1.54, 1.807) is 0 Å². The first-order chi connectivity index (χ1) is 16.6. The van der Waals surface area contributed by atoms with Crippen molar-refractivity contribution in [2.24, 2.45) is 0 Å². The highest BCUT2D eigenvalue weighted by Gasteiger charge is 2.28. The Morgan fingerprint density at radius 2 is 1.56 bits per heavy atom. The molecule has 0 N–H and O–H groups in total. The number of carbonyl (C=O) groups is 1. The van der Waals surface area contributed by atoms with Crippen LogP contribution >= 0.6 is 0 Å². The Morgan fingerprint density at radius 1 is 0.853 bits per heavy atom. The Labute approximate surface area is 205 Å². The number of hydrogen-bond acceptors (Lipinski definition) is 3. The smallest absolute Gasteiger partial charge is 0.236 e. The van der Waals surface area contributed by atoms with E-state index < -0.39 is 0 Å². The molecule has 34 heavy (non-hydrogen) atoms. The van der Waals surface area contributed by atoms with E-state index in [1.165, 1.54) is 59.9 Å². The standard InChI is InChI=1S/C30H41N3O/c1-23(2)24-8-10-25(11-9-24)26-12-13-28-21-31(15-14-27(28)20-26)22-30(34)33-18-16-32(17-19-33)29-6-4-3-5-7-29/h8-13,20,23,29H,3-7,14-19,21-22H2,1-2H3. The Bertz CT molecular complexity index is 969. The van der Waals surface area contributed by atoms with Gasteiger partial charge in [-0.1, -0.05) is 75.6 Å². The molecule has 0 atom stereocenters. The topological polar surface area (TPSA) is 26.8 Å². The minimum atomic E-state index is 0.314. The third-order valence-corrected chi connectivity index (χ3v) is 8.33. The first kappa shape index (κ1) is 23.6. The van der Waals surface area contributed by atoms with Gasteiger partial charge in [-0.15, -0.1) is 0 Å². The van der Waals surface area contributed by atoms with Gasteiger partial charge >= 0.3 is 0 Å². The van der Waals surface area contributed by atoms with E-state index in [4.69, 9.17) is 0 Å². The van der Waals surface area contributed by atoms with Crippen molar-refractivity contribution in [1.29, 1.82) is 0 Å². The summed E-state index contributed by atoms with van der Waals surface area (Å²) in [5.41, 5.74) is 6.79. The summed E-state index contributed by atoms with van der Waals surface area (Å²) >= 11 is 0. The molecule has 5 rings (SSSR count). The number of carbonyl (C=O) groups excluding carboxylic acids is 1. The van der Waals surface area contributed by atoms with E-state index in [2.05, 4.69) is 71.0 Å². The lowest BCUT2D eigenvalue weighted by atomic mass is 9.93. The van der Waals surface area contributed by atoms with Crippen molar-refractivity contribution in [2.45, 2.75) is 70.9 Å². The molecule has 2 heterocycles. The molecule has 0 unspecified atom stereocenters. The second kappa shape index (κ2) is 10.6. The van der Waals surface area contributed by atoms with Crippen molar-refractivity contribution < 1.29 is 4.79 Å². The fraction of sp³-hybridized carbons (Fsp3) is 0.567. The van der Waals surface area contributed by atoms with Gasteiger partial charge in [-0.05, 0) is 53.0 Å². The zero-order valence-corrected chi connectivity index (χ0v) is 21.1. The summed E-state index contributed by atoms with van der Waals surface area (Å²) < 4.78 is 0. The molecule has 4 nitrogen and oxygen atoms in total. The van der Waals surface area contributed by atoms with Crippen LogP contribution in [0.2, 0.25) is 0 Å². The first-order valence-corrected chi connectivity index (χ1v) is 13.5. The number of amides is 1. The summed E-state index contributed by atoms with van der Waals surface area (Å²) in [6.07, 6.45) is 7.90. The number of nitrogens with zero attached hydrogens (tertiary/aromatic N) is 3. The molecular formula is C30H41N3O. The van der Waals surface area contributed by atoms with Crippen LogP contribution in [-0.4, -0.2) is 65.9 Å². The molecule has 1 amide bonds. The van der Waals surface area contributed by atoms with Crippen LogP contribution in [0.1, 0.15) is 68.6 Å². The lowest BCUT2D eigenvalue weighted by Crippen LogP contribution is -2.54.